The summed E-state index contributed by atoms with van der Waals surface area (Å²) in [4.78, 5) is 4.42. The number of nitrogens with two attached hydrogens (primary N) is 1. The molecule has 0 bridgehead atoms. The van der Waals surface area contributed by atoms with Crippen LogP contribution in [0.25, 0.3) is 22.0 Å². The molecule has 0 saturated carbocycles. The Kier molecular flexibility index (Phi) is 4.49. The van der Waals surface area contributed by atoms with Gasteiger partial charge in [0.2, 0.25) is 0 Å². The molecular weight excluding hydrogens is 350 g/mol. The van der Waals surface area contributed by atoms with E-state index in [9.17, 15) is 5.11 Å². The van der Waals surface area contributed by atoms with Crippen LogP contribution in [-0.4, -0.2) is 20.3 Å². The summed E-state index contributed by atoms with van der Waals surface area (Å²) < 4.78 is 0. The molecule has 0 atom stereocenters. The predicted octanol–water partition coefficient (Wildman–Crippen LogP) is 4.05. The number of hydrogen-bond donors (Lipinski definition) is 4. The molecule has 0 fully saturated rings. The Balaban J connectivity index is 1.55. The summed E-state index contributed by atoms with van der Waals surface area (Å²) in [5.74, 6) is 1.28. The van der Waals surface area contributed by atoms with Crippen molar-refractivity contribution in [3.05, 3.63) is 71.9 Å². The van der Waals surface area contributed by atoms with Crippen molar-refractivity contribution in [1.29, 1.82) is 0 Å². The van der Waals surface area contributed by atoms with Crippen LogP contribution in [0.15, 0.2) is 60.8 Å². The maximum atomic E-state index is 10.2. The van der Waals surface area contributed by atoms with Gasteiger partial charge in [0.25, 0.3) is 0 Å². The van der Waals surface area contributed by atoms with Crippen LogP contribution in [0, 0.1) is 0 Å². The maximum Gasteiger partial charge on any atom is 0.153 e. The van der Waals surface area contributed by atoms with Gasteiger partial charge in [-0.05, 0) is 60.4 Å². The fourth-order valence-electron chi connectivity index (χ4n) is 3.18. The minimum atomic E-state index is -0.859. The van der Waals surface area contributed by atoms with Crippen LogP contribution in [-0.2, 0) is 12.1 Å². The number of hydrogen-bond acceptors (Lipinski definition) is 5. The molecule has 142 valence electrons. The van der Waals surface area contributed by atoms with Crippen LogP contribution in [0.1, 0.15) is 25.0 Å². The van der Waals surface area contributed by atoms with Crippen molar-refractivity contribution in [2.24, 2.45) is 0 Å². The van der Waals surface area contributed by atoms with E-state index < -0.39 is 5.60 Å². The molecule has 2 aromatic heterocycles. The van der Waals surface area contributed by atoms with Gasteiger partial charge in [0, 0.05) is 18.1 Å². The zero-order chi connectivity index (χ0) is 19.7. The number of nitrogens with one attached hydrogen (secondary N) is 2. The molecule has 0 aliphatic rings. The van der Waals surface area contributed by atoms with Gasteiger partial charge in [0.1, 0.15) is 5.82 Å². The Morgan fingerprint density at radius 2 is 1.89 bits per heavy atom. The Hall–Kier alpha value is -3.38. The quantitative estimate of drug-likeness (QED) is 0.423. The fourth-order valence-corrected chi connectivity index (χ4v) is 3.18. The molecule has 4 rings (SSSR count). The zero-order valence-electron chi connectivity index (χ0n) is 15.9. The minimum Gasteiger partial charge on any atom is -0.386 e. The summed E-state index contributed by atoms with van der Waals surface area (Å²) in [5, 5.41) is 21.4. The first-order valence-corrected chi connectivity index (χ1v) is 9.16. The number of rotatable bonds is 5. The normalized spacial score (nSPS) is 11.7. The highest BCUT2D eigenvalue weighted by Gasteiger charge is 2.15. The maximum absolute atomic E-state index is 10.2. The van der Waals surface area contributed by atoms with Gasteiger partial charge in [-0.15, -0.1) is 0 Å². The van der Waals surface area contributed by atoms with E-state index in [1.165, 1.54) is 0 Å². The van der Waals surface area contributed by atoms with E-state index in [1.807, 2.05) is 54.6 Å². The summed E-state index contributed by atoms with van der Waals surface area (Å²) in [7, 11) is 0. The second kappa shape index (κ2) is 6.98. The van der Waals surface area contributed by atoms with Crippen molar-refractivity contribution >= 4 is 22.5 Å². The predicted molar refractivity (Wildman–Crippen MR) is 113 cm³/mol. The summed E-state index contributed by atoms with van der Waals surface area (Å²) in [6, 6.07) is 17.9. The Morgan fingerprint density at radius 3 is 2.71 bits per heavy atom. The number of benzene rings is 2. The Labute approximate surface area is 163 Å². The lowest BCUT2D eigenvalue weighted by atomic mass is 9.96. The molecule has 5 N–H and O–H groups in total. The van der Waals surface area contributed by atoms with E-state index in [1.54, 1.807) is 20.0 Å². The van der Waals surface area contributed by atoms with Crippen LogP contribution in [0.2, 0.25) is 0 Å². The molecule has 28 heavy (non-hydrogen) atoms. The lowest BCUT2D eigenvalue weighted by Crippen LogP contribution is -2.15. The molecule has 0 unspecified atom stereocenters. The number of aliphatic hydroxyl groups is 1. The first-order valence-electron chi connectivity index (χ1n) is 9.16. The van der Waals surface area contributed by atoms with E-state index >= 15 is 0 Å². The first kappa shape index (κ1) is 18.0. The van der Waals surface area contributed by atoms with Crippen molar-refractivity contribution < 1.29 is 5.11 Å². The highest BCUT2D eigenvalue weighted by molar-refractivity contribution is 5.92. The molecule has 6 heteroatoms. The molecule has 4 aromatic rings. The topological polar surface area (TPSA) is 99.8 Å². The van der Waals surface area contributed by atoms with E-state index in [0.717, 1.165) is 39.0 Å². The van der Waals surface area contributed by atoms with Gasteiger partial charge in [-0.25, -0.2) is 4.98 Å². The standard InChI is InChI=1S/C22H23N5O/c1-22(2,28)17-5-3-4-14(10-17)13-25-20-12-16(8-9-24-20)15-6-7-19-18(11-15)21(23)27-26-19/h3-12,28H,13H2,1-2H3,(H,24,25)(H3,23,26,27). The molecule has 0 aliphatic heterocycles. The molecule has 0 saturated heterocycles. The zero-order valence-corrected chi connectivity index (χ0v) is 15.9. The van der Waals surface area contributed by atoms with E-state index in [2.05, 4.69) is 20.5 Å². The van der Waals surface area contributed by atoms with Crippen molar-refractivity contribution in [2.75, 3.05) is 11.1 Å². The molecule has 2 heterocycles. The van der Waals surface area contributed by atoms with Crippen LogP contribution in [0.4, 0.5) is 11.6 Å². The van der Waals surface area contributed by atoms with Gasteiger partial charge in [-0.2, -0.15) is 5.10 Å². The van der Waals surface area contributed by atoms with Crippen LogP contribution in [0.3, 0.4) is 0 Å². The minimum absolute atomic E-state index is 0.496. The van der Waals surface area contributed by atoms with E-state index in [-0.39, 0.29) is 0 Å². The molecule has 0 radical (unpaired) electrons. The molecule has 6 nitrogen and oxygen atoms in total. The van der Waals surface area contributed by atoms with Gasteiger partial charge in [-0.3, -0.25) is 5.10 Å². The number of H-pyrrole nitrogens is 1. The monoisotopic (exact) mass is 373 g/mol. The van der Waals surface area contributed by atoms with Crippen molar-refractivity contribution in [1.82, 2.24) is 15.2 Å². The third-order valence-corrected chi connectivity index (χ3v) is 4.79. The van der Waals surface area contributed by atoms with E-state index in [4.69, 9.17) is 5.73 Å². The second-order valence-electron chi connectivity index (χ2n) is 7.41. The lowest BCUT2D eigenvalue weighted by molar-refractivity contribution is 0.0785. The van der Waals surface area contributed by atoms with Crippen LogP contribution in [0.5, 0.6) is 0 Å². The fraction of sp³-hybridized carbons (Fsp3) is 0.182. The number of anilines is 2. The van der Waals surface area contributed by atoms with Gasteiger partial charge >= 0.3 is 0 Å². The van der Waals surface area contributed by atoms with Crippen LogP contribution >= 0.6 is 0 Å². The number of fused-ring (bicyclic) bond motifs is 1. The van der Waals surface area contributed by atoms with Crippen molar-refractivity contribution in [3.8, 4) is 11.1 Å². The number of pyridine rings is 1. The van der Waals surface area contributed by atoms with Gasteiger partial charge in [-0.1, -0.05) is 30.3 Å². The average Bonchev–Trinajstić information content (AvgIpc) is 3.06. The van der Waals surface area contributed by atoms with Crippen LogP contribution < -0.4 is 11.1 Å². The average molecular weight is 373 g/mol. The molecule has 0 aliphatic carbocycles. The summed E-state index contributed by atoms with van der Waals surface area (Å²) in [5.41, 5.74) is 10.0. The van der Waals surface area contributed by atoms with Gasteiger partial charge < -0.3 is 16.2 Å². The molecule has 0 amide bonds. The summed E-state index contributed by atoms with van der Waals surface area (Å²) >= 11 is 0. The first-order chi connectivity index (χ1) is 13.4. The number of aromatic nitrogens is 3. The largest absolute Gasteiger partial charge is 0.386 e. The molecule has 0 spiro atoms. The lowest BCUT2D eigenvalue weighted by Gasteiger charge is -2.18. The number of nitrogens with zero attached hydrogens (tertiary/aromatic N) is 2. The van der Waals surface area contributed by atoms with Gasteiger partial charge in [0.15, 0.2) is 5.82 Å². The highest BCUT2D eigenvalue weighted by atomic mass is 16.3. The summed E-state index contributed by atoms with van der Waals surface area (Å²) in [6.45, 7) is 4.19. The van der Waals surface area contributed by atoms with E-state index in [0.29, 0.717) is 12.4 Å². The Bertz CT molecular complexity index is 1130. The SMILES string of the molecule is CC(C)(O)c1cccc(CNc2cc(-c3ccc4[nH]nc(N)c4c3)ccn2)c1. The number of aromatic amines is 1. The number of nitrogen functional groups attached to an aromatic ring is 1. The summed E-state index contributed by atoms with van der Waals surface area (Å²) in [6.07, 6.45) is 1.79. The smallest absolute Gasteiger partial charge is 0.153 e. The van der Waals surface area contributed by atoms with Crippen molar-refractivity contribution in [3.63, 3.8) is 0 Å². The third-order valence-electron chi connectivity index (χ3n) is 4.79. The van der Waals surface area contributed by atoms with Gasteiger partial charge in [0.05, 0.1) is 11.1 Å². The third kappa shape index (κ3) is 3.68. The highest BCUT2D eigenvalue weighted by Crippen LogP contribution is 2.27. The van der Waals surface area contributed by atoms with Crippen molar-refractivity contribution in [2.45, 2.75) is 26.0 Å². The Morgan fingerprint density at radius 1 is 1.07 bits per heavy atom. The molecular formula is C22H23N5O. The molecule has 2 aromatic carbocycles. The second-order valence-corrected chi connectivity index (χ2v) is 7.41.